The van der Waals surface area contributed by atoms with E-state index in [1.54, 1.807) is 11.6 Å². The van der Waals surface area contributed by atoms with Crippen LogP contribution >= 0.6 is 24.4 Å². The van der Waals surface area contributed by atoms with Gasteiger partial charge in [0, 0.05) is 5.25 Å². The van der Waals surface area contributed by atoms with Crippen LogP contribution in [0.1, 0.15) is 6.92 Å². The maximum Gasteiger partial charge on any atom is 0.471 e. The number of alkyl halides is 3. The van der Waals surface area contributed by atoms with E-state index in [1.165, 1.54) is 6.92 Å². The first-order chi connectivity index (χ1) is 10.0. The van der Waals surface area contributed by atoms with Crippen molar-refractivity contribution in [3.63, 3.8) is 0 Å². The molecule has 2 unspecified atom stereocenters. The third kappa shape index (κ3) is 4.42. The average molecular weight is 365 g/mol. The van der Waals surface area contributed by atoms with Crippen LogP contribution in [0.4, 0.5) is 13.2 Å². The first-order valence-corrected chi connectivity index (χ1v) is 8.09. The van der Waals surface area contributed by atoms with Gasteiger partial charge in [-0.15, -0.1) is 11.8 Å². The highest BCUT2D eigenvalue weighted by Gasteiger charge is 2.49. The Morgan fingerprint density at radius 3 is 2.23 bits per heavy atom. The third-order valence-corrected chi connectivity index (χ3v) is 4.44. The van der Waals surface area contributed by atoms with Crippen molar-refractivity contribution in [2.45, 2.75) is 54.2 Å². The largest absolute Gasteiger partial charge is 0.471 e. The fraction of sp³-hybridized carbons (Fsp3) is 0.909. The molecule has 0 aromatic rings. The minimum Gasteiger partial charge on any atom is -0.388 e. The maximum atomic E-state index is 12.4. The molecule has 0 saturated carbocycles. The van der Waals surface area contributed by atoms with Gasteiger partial charge in [-0.05, 0) is 6.26 Å². The lowest BCUT2D eigenvalue weighted by Crippen LogP contribution is -2.65. The number of thioether (sulfide) groups is 1. The molecule has 11 heteroatoms. The summed E-state index contributed by atoms with van der Waals surface area (Å²) in [5.74, 6) is -2.20. The quantitative estimate of drug-likeness (QED) is 0.432. The summed E-state index contributed by atoms with van der Waals surface area (Å²) in [5.41, 5.74) is -0.958. The van der Waals surface area contributed by atoms with Crippen LogP contribution in [0.25, 0.3) is 0 Å². The number of carbonyl (C=O) groups excluding carboxylic acids is 1. The molecule has 7 atom stereocenters. The molecule has 6 nitrogen and oxygen atoms in total. The van der Waals surface area contributed by atoms with Crippen molar-refractivity contribution in [2.24, 2.45) is 0 Å². The number of aliphatic hydroxyl groups excluding tert-OH is 3. The first kappa shape index (κ1) is 19.8. The van der Waals surface area contributed by atoms with E-state index in [2.05, 4.69) is 12.6 Å². The molecule has 1 rings (SSSR count). The molecule has 1 heterocycles. The molecular formula is C11H18F3NO5S2. The van der Waals surface area contributed by atoms with Crippen LogP contribution in [0.15, 0.2) is 0 Å². The molecule has 4 N–H and O–H groups in total. The van der Waals surface area contributed by atoms with Gasteiger partial charge in [-0.25, -0.2) is 0 Å². The van der Waals surface area contributed by atoms with E-state index in [9.17, 15) is 33.3 Å². The van der Waals surface area contributed by atoms with Crippen molar-refractivity contribution in [3.05, 3.63) is 0 Å². The normalized spacial score (nSPS) is 35.8. The molecular weight excluding hydrogens is 347 g/mol. The van der Waals surface area contributed by atoms with Gasteiger partial charge in [0.1, 0.15) is 29.9 Å². The first-order valence-electron chi connectivity index (χ1n) is 6.29. The van der Waals surface area contributed by atoms with Gasteiger partial charge in [0.05, 0.1) is 6.04 Å². The number of aliphatic hydroxyl groups is 3. The molecule has 1 aliphatic heterocycles. The van der Waals surface area contributed by atoms with Crippen LogP contribution in [0, 0.1) is 0 Å². The van der Waals surface area contributed by atoms with Gasteiger partial charge in [-0.2, -0.15) is 25.8 Å². The highest BCUT2D eigenvalue weighted by atomic mass is 32.2. The van der Waals surface area contributed by atoms with Gasteiger partial charge in [-0.1, -0.05) is 6.92 Å². The molecule has 0 spiro atoms. The average Bonchev–Trinajstić information content (AvgIpc) is 2.41. The Morgan fingerprint density at radius 2 is 1.82 bits per heavy atom. The minimum absolute atomic E-state index is 0.809. The number of thiol groups is 1. The SMILES string of the molecule is CSC1O[C@H]([C@H](NC(=O)C(F)(F)F)[C@H](C)S)[C@@H](O)C(O)[C@H]1O. The zero-order valence-electron chi connectivity index (χ0n) is 11.7. The minimum atomic E-state index is -5.10. The smallest absolute Gasteiger partial charge is 0.388 e. The number of hydrogen-bond acceptors (Lipinski definition) is 7. The molecule has 22 heavy (non-hydrogen) atoms. The van der Waals surface area contributed by atoms with Crippen LogP contribution in [0.3, 0.4) is 0 Å². The summed E-state index contributed by atoms with van der Waals surface area (Å²) in [6.07, 6.45) is -9.59. The summed E-state index contributed by atoms with van der Waals surface area (Å²) < 4.78 is 42.5. The summed E-state index contributed by atoms with van der Waals surface area (Å²) in [6.45, 7) is 1.41. The number of amides is 1. The lowest BCUT2D eigenvalue weighted by Gasteiger charge is -2.44. The third-order valence-electron chi connectivity index (χ3n) is 3.27. The zero-order chi connectivity index (χ0) is 17.2. The molecule has 0 radical (unpaired) electrons. The molecule has 1 aliphatic rings. The highest BCUT2D eigenvalue weighted by Crippen LogP contribution is 2.30. The van der Waals surface area contributed by atoms with Crippen LogP contribution in [-0.4, -0.2) is 74.8 Å². The second kappa shape index (κ2) is 7.58. The van der Waals surface area contributed by atoms with Crippen LogP contribution in [-0.2, 0) is 9.53 Å². The van der Waals surface area contributed by atoms with E-state index in [4.69, 9.17) is 4.74 Å². The van der Waals surface area contributed by atoms with Crippen molar-refractivity contribution < 1.29 is 38.0 Å². The van der Waals surface area contributed by atoms with E-state index in [1.807, 2.05) is 0 Å². The number of halogens is 3. The molecule has 0 aromatic heterocycles. The monoisotopic (exact) mass is 365 g/mol. The summed E-state index contributed by atoms with van der Waals surface area (Å²) in [4.78, 5) is 11.1. The summed E-state index contributed by atoms with van der Waals surface area (Å²) in [7, 11) is 0. The summed E-state index contributed by atoms with van der Waals surface area (Å²) in [6, 6.07) is -1.32. The van der Waals surface area contributed by atoms with Gasteiger partial charge >= 0.3 is 12.1 Å². The van der Waals surface area contributed by atoms with Crippen molar-refractivity contribution in [2.75, 3.05) is 6.26 Å². The molecule has 0 aromatic carbocycles. The Bertz CT molecular complexity index is 396. The van der Waals surface area contributed by atoms with Crippen molar-refractivity contribution in [1.82, 2.24) is 5.32 Å². The van der Waals surface area contributed by atoms with E-state index in [0.29, 0.717) is 0 Å². The predicted octanol–water partition coefficient (Wildman–Crippen LogP) is -0.478. The van der Waals surface area contributed by atoms with Gasteiger partial charge in [0.15, 0.2) is 0 Å². The van der Waals surface area contributed by atoms with Gasteiger partial charge in [0.2, 0.25) is 0 Å². The second-order valence-corrected chi connectivity index (χ2v) is 6.66. The zero-order valence-corrected chi connectivity index (χ0v) is 13.4. The Labute approximate surface area is 134 Å². The van der Waals surface area contributed by atoms with Gasteiger partial charge < -0.3 is 25.4 Å². The molecule has 0 bridgehead atoms. The summed E-state index contributed by atoms with van der Waals surface area (Å²) >= 11 is 5.01. The number of rotatable bonds is 4. The molecule has 0 aliphatic carbocycles. The molecule has 1 amide bonds. The van der Waals surface area contributed by atoms with E-state index in [-0.39, 0.29) is 0 Å². The number of ether oxygens (including phenoxy) is 1. The topological polar surface area (TPSA) is 99.0 Å². The van der Waals surface area contributed by atoms with Gasteiger partial charge in [0.25, 0.3) is 0 Å². The van der Waals surface area contributed by atoms with E-state index >= 15 is 0 Å². The Morgan fingerprint density at radius 1 is 1.27 bits per heavy atom. The van der Waals surface area contributed by atoms with Gasteiger partial charge in [-0.3, -0.25) is 4.79 Å². The second-order valence-electron chi connectivity index (χ2n) is 4.91. The van der Waals surface area contributed by atoms with Crippen LogP contribution in [0.2, 0.25) is 0 Å². The Kier molecular flexibility index (Phi) is 6.84. The van der Waals surface area contributed by atoms with Crippen molar-refractivity contribution in [3.8, 4) is 0 Å². The number of carbonyl (C=O) groups is 1. The fourth-order valence-corrected chi connectivity index (χ4v) is 3.00. The lowest BCUT2D eigenvalue weighted by atomic mass is 9.93. The molecule has 1 fully saturated rings. The van der Waals surface area contributed by atoms with Crippen molar-refractivity contribution in [1.29, 1.82) is 0 Å². The molecule has 1 saturated heterocycles. The van der Waals surface area contributed by atoms with Crippen LogP contribution in [0.5, 0.6) is 0 Å². The standard InChI is InChI=1S/C11H18F3NO5S2/c1-3(21)4(15-10(19)11(12,13)14)8-6(17)5(16)7(18)9(20-8)22-2/h3-9,16-18,21H,1-2H3,(H,15,19)/t3-,4+,5?,6-,7+,8+,9?/m0/s1. The maximum absolute atomic E-state index is 12.4. The fourth-order valence-electron chi connectivity index (χ4n) is 2.08. The number of hydrogen-bond donors (Lipinski definition) is 5. The van der Waals surface area contributed by atoms with Crippen LogP contribution < -0.4 is 5.32 Å². The van der Waals surface area contributed by atoms with E-state index in [0.717, 1.165) is 11.8 Å². The van der Waals surface area contributed by atoms with E-state index < -0.39 is 53.2 Å². The summed E-state index contributed by atoms with van der Waals surface area (Å²) in [5, 5.41) is 30.3. The predicted molar refractivity (Wildman–Crippen MR) is 76.6 cm³/mol. The Balaban J connectivity index is 2.97. The lowest BCUT2D eigenvalue weighted by molar-refractivity contribution is -0.207. The molecule has 130 valence electrons. The number of nitrogens with one attached hydrogen (secondary N) is 1. The Hall–Kier alpha value is -0.200. The highest BCUT2D eigenvalue weighted by molar-refractivity contribution is 7.99. The van der Waals surface area contributed by atoms with Crippen molar-refractivity contribution >= 4 is 30.3 Å².